The number of H-pyrrole nitrogens is 2. The van der Waals surface area contributed by atoms with Gasteiger partial charge in [-0.1, -0.05) is 54.6 Å². The molecule has 7 aromatic rings. The molecule has 0 bridgehead atoms. The zero-order valence-electron chi connectivity index (χ0n) is 32.1. The van der Waals surface area contributed by atoms with Gasteiger partial charge in [0, 0.05) is 0 Å². The van der Waals surface area contributed by atoms with E-state index in [9.17, 15) is 34.2 Å². The summed E-state index contributed by atoms with van der Waals surface area (Å²) in [6, 6.07) is 24.9. The minimum atomic E-state index is -1.25. The average Bonchev–Trinajstić information content (AvgIpc) is 4.08. The van der Waals surface area contributed by atoms with E-state index in [0.29, 0.717) is 11.1 Å². The highest BCUT2D eigenvalue weighted by atomic mass is 16.7. The molecule has 0 radical (unpaired) electrons. The molecule has 0 spiro atoms. The van der Waals surface area contributed by atoms with Crippen molar-refractivity contribution in [1.29, 1.82) is 0 Å². The largest absolute Gasteiger partial charge is 0.459 e. The number of aromatic amines is 2. The molecular formula is C41H36N8O13. The van der Waals surface area contributed by atoms with Gasteiger partial charge in [0.2, 0.25) is 0 Å². The maximum Gasteiger partial charge on any atom is 0.338 e. The summed E-state index contributed by atoms with van der Waals surface area (Å²) >= 11 is 0. The molecule has 21 nitrogen and oxygen atoms in total. The molecule has 3 aromatic carbocycles. The minimum absolute atomic E-state index is 0.0727. The molecule has 0 unspecified atom stereocenters. The summed E-state index contributed by atoms with van der Waals surface area (Å²) in [6.07, 6.45) is -3.55. The first-order valence-electron chi connectivity index (χ1n) is 19.0. The minimum Gasteiger partial charge on any atom is -0.459 e. The number of aliphatic hydroxyl groups is 3. The SMILES string of the molecule is O=C(OC[C@H]1O[C@@H](n2cnc3c(=O)[nH]ncc32)[C@H](OC(=O)c2ccccc2)[C@@H]1OC(=O)c1ccccc1)c1ccccc1.O=c1[nH]ncc2c1ncn2[C@@H]1O[C@H](CO)[C@@H](O)[C@H]1O. The molecule has 8 atom stereocenters. The third-order valence-electron chi connectivity index (χ3n) is 10.0. The Morgan fingerprint density at radius 2 is 1.06 bits per heavy atom. The first-order chi connectivity index (χ1) is 30.1. The summed E-state index contributed by atoms with van der Waals surface area (Å²) in [5.41, 5.74) is 0.715. The Balaban J connectivity index is 0.000000231. The van der Waals surface area contributed by atoms with Crippen LogP contribution in [0.4, 0.5) is 0 Å². The van der Waals surface area contributed by atoms with Crippen molar-refractivity contribution in [2.45, 2.75) is 49.1 Å². The zero-order valence-corrected chi connectivity index (χ0v) is 32.1. The molecule has 0 saturated carbocycles. The number of carbonyl (C=O) groups excluding carboxylic acids is 3. The lowest BCUT2D eigenvalue weighted by Gasteiger charge is -2.25. The fourth-order valence-electron chi connectivity index (χ4n) is 6.95. The van der Waals surface area contributed by atoms with Crippen LogP contribution in [0.15, 0.2) is 126 Å². The van der Waals surface area contributed by atoms with E-state index in [2.05, 4.69) is 30.4 Å². The highest BCUT2D eigenvalue weighted by Crippen LogP contribution is 2.37. The van der Waals surface area contributed by atoms with Crippen LogP contribution in [-0.2, 0) is 23.7 Å². The van der Waals surface area contributed by atoms with Gasteiger partial charge in [-0.05, 0) is 36.4 Å². The molecule has 62 heavy (non-hydrogen) atoms. The van der Waals surface area contributed by atoms with Crippen LogP contribution in [0.1, 0.15) is 43.5 Å². The highest BCUT2D eigenvalue weighted by molar-refractivity contribution is 5.91. The van der Waals surface area contributed by atoms with E-state index in [1.165, 1.54) is 34.2 Å². The van der Waals surface area contributed by atoms with E-state index in [0.717, 1.165) is 0 Å². The molecule has 6 heterocycles. The lowest BCUT2D eigenvalue weighted by atomic mass is 10.1. The van der Waals surface area contributed by atoms with Gasteiger partial charge in [0.1, 0.15) is 31.0 Å². The maximum absolute atomic E-state index is 13.3. The molecule has 0 amide bonds. The number of aromatic nitrogens is 8. The number of fused-ring (bicyclic) bond motifs is 2. The summed E-state index contributed by atoms with van der Waals surface area (Å²) in [4.78, 5) is 71.3. The normalized spacial score (nSPS) is 23.1. The smallest absolute Gasteiger partial charge is 0.338 e. The average molecular weight is 849 g/mol. The lowest BCUT2D eigenvalue weighted by Crippen LogP contribution is -2.41. The number of ether oxygens (including phenoxy) is 5. The number of hydrogen-bond donors (Lipinski definition) is 5. The van der Waals surface area contributed by atoms with Crippen LogP contribution in [0.3, 0.4) is 0 Å². The second kappa shape index (κ2) is 18.0. The highest BCUT2D eigenvalue weighted by Gasteiger charge is 2.52. The monoisotopic (exact) mass is 848 g/mol. The number of nitrogens with one attached hydrogen (secondary N) is 2. The number of imidazole rings is 2. The number of rotatable bonds is 10. The molecule has 5 N–H and O–H groups in total. The van der Waals surface area contributed by atoms with E-state index in [1.54, 1.807) is 91.0 Å². The predicted molar refractivity (Wildman–Crippen MR) is 211 cm³/mol. The van der Waals surface area contributed by atoms with Crippen LogP contribution in [0.25, 0.3) is 22.1 Å². The quantitative estimate of drug-likeness (QED) is 0.0950. The second-order valence-electron chi connectivity index (χ2n) is 13.9. The molecule has 2 aliphatic rings. The van der Waals surface area contributed by atoms with Crippen LogP contribution >= 0.6 is 0 Å². The third-order valence-corrected chi connectivity index (χ3v) is 10.0. The topological polar surface area (TPSA) is 285 Å². The van der Waals surface area contributed by atoms with E-state index < -0.39 is 84.7 Å². The zero-order chi connectivity index (χ0) is 43.3. The van der Waals surface area contributed by atoms with E-state index in [4.69, 9.17) is 28.8 Å². The van der Waals surface area contributed by atoms with Crippen molar-refractivity contribution in [3.05, 3.63) is 153 Å². The van der Waals surface area contributed by atoms with Crippen molar-refractivity contribution in [1.82, 2.24) is 39.5 Å². The van der Waals surface area contributed by atoms with Crippen molar-refractivity contribution in [2.24, 2.45) is 0 Å². The number of benzene rings is 3. The van der Waals surface area contributed by atoms with Crippen LogP contribution in [0.5, 0.6) is 0 Å². The molecular weight excluding hydrogens is 812 g/mol. The predicted octanol–water partition coefficient (Wildman–Crippen LogP) is 1.06. The number of carbonyl (C=O) groups is 3. The van der Waals surface area contributed by atoms with Crippen LogP contribution in [-0.4, -0.2) is 123 Å². The van der Waals surface area contributed by atoms with Gasteiger partial charge < -0.3 is 39.0 Å². The van der Waals surface area contributed by atoms with Gasteiger partial charge in [-0.15, -0.1) is 0 Å². The number of aliphatic hydroxyl groups excluding tert-OH is 3. The molecule has 2 saturated heterocycles. The third kappa shape index (κ3) is 8.33. The van der Waals surface area contributed by atoms with E-state index >= 15 is 0 Å². The van der Waals surface area contributed by atoms with Gasteiger partial charge in [0.25, 0.3) is 11.1 Å². The fraction of sp³-hybridized carbons (Fsp3) is 0.244. The number of esters is 3. The summed E-state index contributed by atoms with van der Waals surface area (Å²) in [6.45, 7) is -0.762. The first-order valence-corrected chi connectivity index (χ1v) is 19.0. The van der Waals surface area contributed by atoms with Gasteiger partial charge in [-0.3, -0.25) is 18.7 Å². The maximum atomic E-state index is 13.3. The van der Waals surface area contributed by atoms with Gasteiger partial charge in [-0.25, -0.2) is 34.5 Å². The van der Waals surface area contributed by atoms with Crippen LogP contribution < -0.4 is 11.1 Å². The Bertz CT molecular complexity index is 2800. The van der Waals surface area contributed by atoms with E-state index in [1.807, 2.05) is 0 Å². The Hall–Kier alpha value is -7.43. The molecule has 4 aromatic heterocycles. The number of hydrogen-bond acceptors (Lipinski definition) is 17. The fourth-order valence-corrected chi connectivity index (χ4v) is 6.95. The Morgan fingerprint density at radius 3 is 1.55 bits per heavy atom. The van der Waals surface area contributed by atoms with Crippen LogP contribution in [0.2, 0.25) is 0 Å². The summed E-state index contributed by atoms with van der Waals surface area (Å²) in [7, 11) is 0. The van der Waals surface area contributed by atoms with Crippen molar-refractivity contribution in [3.8, 4) is 0 Å². The molecule has 318 valence electrons. The van der Waals surface area contributed by atoms with Crippen molar-refractivity contribution < 1.29 is 53.4 Å². The second-order valence-corrected chi connectivity index (χ2v) is 13.9. The molecule has 2 fully saturated rings. The molecule has 2 aliphatic heterocycles. The number of nitrogens with zero attached hydrogens (tertiary/aromatic N) is 6. The summed E-state index contributed by atoms with van der Waals surface area (Å²) in [5.74, 6) is -2.03. The first kappa shape index (κ1) is 41.3. The van der Waals surface area contributed by atoms with Gasteiger partial charge in [0.15, 0.2) is 35.7 Å². The molecule has 21 heteroatoms. The van der Waals surface area contributed by atoms with Gasteiger partial charge in [0.05, 0.1) is 59.4 Å². The van der Waals surface area contributed by atoms with Crippen LogP contribution in [0, 0.1) is 0 Å². The van der Waals surface area contributed by atoms with Gasteiger partial charge >= 0.3 is 17.9 Å². The summed E-state index contributed by atoms with van der Waals surface area (Å²) < 4.78 is 31.9. The lowest BCUT2D eigenvalue weighted by molar-refractivity contribution is -0.0604. The molecule has 0 aliphatic carbocycles. The Morgan fingerprint density at radius 1 is 0.613 bits per heavy atom. The summed E-state index contributed by atoms with van der Waals surface area (Å²) in [5, 5.41) is 40.7. The van der Waals surface area contributed by atoms with Crippen molar-refractivity contribution in [2.75, 3.05) is 13.2 Å². The Labute approximate surface area is 348 Å². The van der Waals surface area contributed by atoms with Crippen molar-refractivity contribution >= 4 is 40.0 Å². The standard InChI is InChI=1S/C31H24N4O8.C10H12N4O5/c36-27-24-22(16-33-34-27)35(18-32-24)28-26(43-31(39)21-14-8-3-9-15-21)25(42-30(38)20-12-6-2-7-13-20)23(41-28)17-40-29(37)19-10-4-1-5-11-19;15-2-5-7(16)8(17)10(19-5)14-3-11-6-4(14)1-12-13-9(6)18/h1-16,18,23,25-26,28H,17H2,(H,34,36);1,3,5,7-8,10,15-17H,2H2,(H,13,18)/t23-,25-,26-,28-;5-,7-,8-,10-/m11/s1. The molecule has 9 rings (SSSR count). The van der Waals surface area contributed by atoms with Gasteiger partial charge in [-0.2, -0.15) is 10.2 Å². The Kier molecular flexibility index (Phi) is 12.0. The van der Waals surface area contributed by atoms with E-state index in [-0.39, 0.29) is 34.3 Å². The van der Waals surface area contributed by atoms with Crippen molar-refractivity contribution in [3.63, 3.8) is 0 Å².